The highest BCUT2D eigenvalue weighted by Gasteiger charge is 2.32. The second-order valence-corrected chi connectivity index (χ2v) is 8.55. The average Bonchev–Trinajstić information content (AvgIpc) is 2.69. The zero-order chi connectivity index (χ0) is 19.4. The van der Waals surface area contributed by atoms with E-state index in [1.54, 1.807) is 54.6 Å². The Labute approximate surface area is 159 Å². The molecule has 0 radical (unpaired) electrons. The predicted molar refractivity (Wildman–Crippen MR) is 103 cm³/mol. The number of sulfonamides is 1. The molecular formula is C20H22N2O4S. The van der Waals surface area contributed by atoms with Crippen LogP contribution in [0.2, 0.25) is 0 Å². The molecule has 3 rings (SSSR count). The molecule has 0 saturated carbocycles. The van der Waals surface area contributed by atoms with Crippen LogP contribution >= 0.6 is 0 Å². The van der Waals surface area contributed by atoms with Gasteiger partial charge in [-0.25, -0.2) is 8.42 Å². The van der Waals surface area contributed by atoms with E-state index in [-0.39, 0.29) is 22.5 Å². The predicted octanol–water partition coefficient (Wildman–Crippen LogP) is 2.93. The highest BCUT2D eigenvalue weighted by Crippen LogP contribution is 2.25. The number of anilines is 1. The van der Waals surface area contributed by atoms with Crippen LogP contribution in [0.15, 0.2) is 59.5 Å². The minimum atomic E-state index is -3.51. The molecule has 2 aromatic rings. The smallest absolute Gasteiger partial charge is 0.243 e. The number of amides is 1. The molecule has 0 spiro atoms. The van der Waals surface area contributed by atoms with Crippen molar-refractivity contribution in [2.24, 2.45) is 5.92 Å². The lowest BCUT2D eigenvalue weighted by atomic mass is 9.97. The highest BCUT2D eigenvalue weighted by atomic mass is 32.2. The number of nitrogens with zero attached hydrogens (tertiary/aromatic N) is 1. The average molecular weight is 386 g/mol. The first-order valence-electron chi connectivity index (χ1n) is 8.85. The molecular weight excluding hydrogens is 364 g/mol. The Bertz CT molecular complexity index is 916. The zero-order valence-corrected chi connectivity index (χ0v) is 15.9. The first-order valence-corrected chi connectivity index (χ1v) is 10.3. The van der Waals surface area contributed by atoms with Gasteiger partial charge in [0.05, 0.1) is 4.90 Å². The van der Waals surface area contributed by atoms with Crippen molar-refractivity contribution in [3.8, 4) is 0 Å². The van der Waals surface area contributed by atoms with E-state index in [2.05, 4.69) is 5.32 Å². The van der Waals surface area contributed by atoms with Gasteiger partial charge in [0.25, 0.3) is 0 Å². The van der Waals surface area contributed by atoms with Crippen LogP contribution in [0.25, 0.3) is 0 Å². The number of Topliss-reactive ketones (excluding diaryl/α,β-unsaturated/α-hetero) is 1. The summed E-state index contributed by atoms with van der Waals surface area (Å²) in [5, 5.41) is 2.84. The number of hydrogen-bond donors (Lipinski definition) is 1. The molecule has 1 aliphatic heterocycles. The van der Waals surface area contributed by atoms with Crippen molar-refractivity contribution in [1.29, 1.82) is 0 Å². The number of piperidine rings is 1. The molecule has 6 nitrogen and oxygen atoms in total. The van der Waals surface area contributed by atoms with E-state index in [1.165, 1.54) is 11.2 Å². The third kappa shape index (κ3) is 4.43. The Morgan fingerprint density at radius 1 is 0.963 bits per heavy atom. The van der Waals surface area contributed by atoms with E-state index in [0.717, 1.165) is 0 Å². The van der Waals surface area contributed by atoms with Crippen LogP contribution in [-0.4, -0.2) is 37.5 Å². The van der Waals surface area contributed by atoms with E-state index in [4.69, 9.17) is 0 Å². The minimum absolute atomic E-state index is 0.0279. The van der Waals surface area contributed by atoms with Gasteiger partial charge in [0.15, 0.2) is 5.78 Å². The van der Waals surface area contributed by atoms with Crippen LogP contribution < -0.4 is 5.32 Å². The highest BCUT2D eigenvalue weighted by molar-refractivity contribution is 7.89. The molecule has 0 aliphatic carbocycles. The quantitative estimate of drug-likeness (QED) is 0.801. The first-order chi connectivity index (χ1) is 12.9. The molecule has 1 fully saturated rings. The molecule has 0 aromatic heterocycles. The Morgan fingerprint density at radius 2 is 1.56 bits per heavy atom. The first kappa shape index (κ1) is 19.3. The van der Waals surface area contributed by atoms with Crippen molar-refractivity contribution in [2.75, 3.05) is 18.4 Å². The molecule has 2 aromatic carbocycles. The minimum Gasteiger partial charge on any atom is -0.326 e. The summed E-state index contributed by atoms with van der Waals surface area (Å²) in [5.41, 5.74) is 1.22. The maximum atomic E-state index is 12.6. The maximum absolute atomic E-state index is 12.6. The van der Waals surface area contributed by atoms with Crippen LogP contribution in [0.3, 0.4) is 0 Å². The van der Waals surface area contributed by atoms with Crippen molar-refractivity contribution in [2.45, 2.75) is 24.7 Å². The number of benzene rings is 2. The second-order valence-electron chi connectivity index (χ2n) is 6.61. The van der Waals surface area contributed by atoms with E-state index < -0.39 is 10.0 Å². The Kier molecular flexibility index (Phi) is 5.72. The fourth-order valence-corrected chi connectivity index (χ4v) is 4.62. The summed E-state index contributed by atoms with van der Waals surface area (Å²) in [7, 11) is -3.51. The summed E-state index contributed by atoms with van der Waals surface area (Å²) in [5.74, 6) is -0.387. The zero-order valence-electron chi connectivity index (χ0n) is 15.1. The lowest BCUT2D eigenvalue weighted by molar-refractivity contribution is -0.120. The molecule has 7 heteroatoms. The summed E-state index contributed by atoms with van der Waals surface area (Å²) in [6.07, 6.45) is 0.951. The van der Waals surface area contributed by atoms with Gasteiger partial charge in [0.2, 0.25) is 15.9 Å². The van der Waals surface area contributed by atoms with E-state index >= 15 is 0 Å². The third-order valence-electron chi connectivity index (χ3n) is 4.76. The summed E-state index contributed by atoms with van der Waals surface area (Å²) in [6, 6.07) is 15.1. The Morgan fingerprint density at radius 3 is 2.11 bits per heavy atom. The third-order valence-corrected chi connectivity index (χ3v) is 6.68. The molecule has 1 saturated heterocycles. The standard InChI is InChI=1S/C20H22N2O4S/c1-15(23)16-7-9-18(10-8-16)21-20(24)17-11-13-22(14-12-17)27(25,26)19-5-3-2-4-6-19/h2-10,17H,11-14H2,1H3,(H,21,24). The van der Waals surface area contributed by atoms with Gasteiger partial charge in [-0.05, 0) is 56.2 Å². The summed E-state index contributed by atoms with van der Waals surface area (Å²) < 4.78 is 26.7. The van der Waals surface area contributed by atoms with Gasteiger partial charge in [0, 0.05) is 30.3 Å². The van der Waals surface area contributed by atoms with E-state index in [9.17, 15) is 18.0 Å². The SMILES string of the molecule is CC(=O)c1ccc(NC(=O)C2CCN(S(=O)(=O)c3ccccc3)CC2)cc1. The topological polar surface area (TPSA) is 83.6 Å². The molecule has 0 atom stereocenters. The molecule has 1 aliphatic rings. The van der Waals surface area contributed by atoms with Crippen molar-refractivity contribution < 1.29 is 18.0 Å². The number of carbonyl (C=O) groups excluding carboxylic acids is 2. The van der Waals surface area contributed by atoms with Crippen LogP contribution in [-0.2, 0) is 14.8 Å². The fraction of sp³-hybridized carbons (Fsp3) is 0.300. The van der Waals surface area contributed by atoms with Crippen LogP contribution in [0.5, 0.6) is 0 Å². The van der Waals surface area contributed by atoms with Gasteiger partial charge in [-0.2, -0.15) is 4.31 Å². The number of rotatable bonds is 5. The largest absolute Gasteiger partial charge is 0.326 e. The number of hydrogen-bond acceptors (Lipinski definition) is 4. The molecule has 1 N–H and O–H groups in total. The molecule has 1 amide bonds. The number of carbonyl (C=O) groups is 2. The van der Waals surface area contributed by atoms with Gasteiger partial charge in [-0.3, -0.25) is 9.59 Å². The van der Waals surface area contributed by atoms with Crippen molar-refractivity contribution >= 4 is 27.4 Å². The van der Waals surface area contributed by atoms with Crippen LogP contribution in [0.4, 0.5) is 5.69 Å². The van der Waals surface area contributed by atoms with Gasteiger partial charge >= 0.3 is 0 Å². The second kappa shape index (κ2) is 8.02. The van der Waals surface area contributed by atoms with Gasteiger partial charge in [0.1, 0.15) is 0 Å². The van der Waals surface area contributed by atoms with Gasteiger partial charge < -0.3 is 5.32 Å². The summed E-state index contributed by atoms with van der Waals surface area (Å²) in [4.78, 5) is 24.0. The Balaban J connectivity index is 1.58. The summed E-state index contributed by atoms with van der Waals surface area (Å²) >= 11 is 0. The lowest BCUT2D eigenvalue weighted by Crippen LogP contribution is -2.41. The van der Waals surface area contributed by atoms with Crippen molar-refractivity contribution in [3.63, 3.8) is 0 Å². The van der Waals surface area contributed by atoms with Crippen molar-refractivity contribution in [3.05, 3.63) is 60.2 Å². The molecule has 0 unspecified atom stereocenters. The monoisotopic (exact) mass is 386 g/mol. The molecule has 142 valence electrons. The van der Waals surface area contributed by atoms with Gasteiger partial charge in [-0.15, -0.1) is 0 Å². The summed E-state index contributed by atoms with van der Waals surface area (Å²) in [6.45, 7) is 2.13. The number of ketones is 1. The maximum Gasteiger partial charge on any atom is 0.243 e. The normalized spacial score (nSPS) is 16.0. The lowest BCUT2D eigenvalue weighted by Gasteiger charge is -2.30. The molecule has 27 heavy (non-hydrogen) atoms. The molecule has 1 heterocycles. The molecule has 0 bridgehead atoms. The van der Waals surface area contributed by atoms with E-state index in [1.807, 2.05) is 0 Å². The van der Waals surface area contributed by atoms with Crippen LogP contribution in [0, 0.1) is 5.92 Å². The van der Waals surface area contributed by atoms with Gasteiger partial charge in [-0.1, -0.05) is 18.2 Å². The fourth-order valence-electron chi connectivity index (χ4n) is 3.13. The van der Waals surface area contributed by atoms with Crippen LogP contribution in [0.1, 0.15) is 30.1 Å². The van der Waals surface area contributed by atoms with Crippen molar-refractivity contribution in [1.82, 2.24) is 4.31 Å². The van der Waals surface area contributed by atoms with E-state index in [0.29, 0.717) is 37.2 Å². The Hall–Kier alpha value is -2.51. The number of nitrogens with one attached hydrogen (secondary N) is 1.